The smallest absolute Gasteiger partial charge is 0.335 e. The molecule has 3 N–H and O–H groups in total. The van der Waals surface area contributed by atoms with E-state index >= 15 is 0 Å². The molecule has 1 aromatic carbocycles. The lowest BCUT2D eigenvalue weighted by molar-refractivity contribution is 0.0697. The molecular weight excluding hydrogens is 282 g/mol. The number of carboxylic acids is 1. The third kappa shape index (κ3) is 3.61. The molecular formula is C13H16ClN3O3. The van der Waals surface area contributed by atoms with Crippen molar-refractivity contribution in [1.82, 2.24) is 10.2 Å². The number of hydrogen-bond acceptors (Lipinski definition) is 3. The molecule has 0 aromatic heterocycles. The number of nitrogens with one attached hydrogen (secondary N) is 2. The van der Waals surface area contributed by atoms with E-state index in [1.165, 1.54) is 18.2 Å². The number of carbonyl (C=O) groups excluding carboxylic acids is 1. The normalized spacial score (nSPS) is 15.6. The van der Waals surface area contributed by atoms with Gasteiger partial charge in [-0.1, -0.05) is 11.6 Å². The third-order valence-electron chi connectivity index (χ3n) is 3.08. The number of hydrogen-bond donors (Lipinski definition) is 3. The molecule has 6 nitrogen and oxygen atoms in total. The molecule has 7 heteroatoms. The molecule has 1 aliphatic heterocycles. The van der Waals surface area contributed by atoms with Crippen LogP contribution >= 0.6 is 11.6 Å². The first-order chi connectivity index (χ1) is 9.58. The number of amides is 2. The number of halogens is 1. The summed E-state index contributed by atoms with van der Waals surface area (Å²) in [6, 6.07) is 4.01. The van der Waals surface area contributed by atoms with E-state index in [1.54, 1.807) is 4.90 Å². The van der Waals surface area contributed by atoms with Crippen molar-refractivity contribution in [3.05, 3.63) is 28.8 Å². The van der Waals surface area contributed by atoms with Crippen LogP contribution in [-0.4, -0.2) is 48.2 Å². The lowest BCUT2D eigenvalue weighted by Gasteiger charge is -2.20. The maximum Gasteiger partial charge on any atom is 0.335 e. The zero-order valence-corrected chi connectivity index (χ0v) is 11.6. The van der Waals surface area contributed by atoms with Crippen molar-refractivity contribution in [1.29, 1.82) is 0 Å². The summed E-state index contributed by atoms with van der Waals surface area (Å²) in [7, 11) is 0. The Morgan fingerprint density at radius 3 is 2.80 bits per heavy atom. The van der Waals surface area contributed by atoms with E-state index in [9.17, 15) is 9.59 Å². The van der Waals surface area contributed by atoms with Crippen LogP contribution in [0.25, 0.3) is 0 Å². The summed E-state index contributed by atoms with van der Waals surface area (Å²) in [6.45, 7) is 2.98. The van der Waals surface area contributed by atoms with Gasteiger partial charge in [0.1, 0.15) is 0 Å². The monoisotopic (exact) mass is 297 g/mol. The summed E-state index contributed by atoms with van der Waals surface area (Å²) in [5, 5.41) is 15.0. The molecule has 0 unspecified atom stereocenters. The maximum atomic E-state index is 12.1. The highest BCUT2D eigenvalue weighted by atomic mass is 35.5. The Labute approximate surface area is 121 Å². The van der Waals surface area contributed by atoms with E-state index in [4.69, 9.17) is 16.7 Å². The Morgan fingerprint density at radius 1 is 1.30 bits per heavy atom. The molecule has 0 radical (unpaired) electrons. The highest BCUT2D eigenvalue weighted by molar-refractivity contribution is 6.34. The minimum Gasteiger partial charge on any atom is -0.478 e. The van der Waals surface area contributed by atoms with Crippen molar-refractivity contribution < 1.29 is 14.7 Å². The molecule has 0 spiro atoms. The molecule has 1 fully saturated rings. The number of nitrogens with zero attached hydrogens (tertiary/aromatic N) is 1. The molecule has 1 aliphatic rings. The Hall–Kier alpha value is -1.79. The van der Waals surface area contributed by atoms with Crippen LogP contribution in [0.15, 0.2) is 18.2 Å². The van der Waals surface area contributed by atoms with E-state index in [1.807, 2.05) is 0 Å². The largest absolute Gasteiger partial charge is 0.478 e. The molecule has 1 aromatic rings. The lowest BCUT2D eigenvalue weighted by Crippen LogP contribution is -2.37. The third-order valence-corrected chi connectivity index (χ3v) is 3.40. The Balaban J connectivity index is 2.05. The van der Waals surface area contributed by atoms with E-state index in [2.05, 4.69) is 10.6 Å². The van der Waals surface area contributed by atoms with Gasteiger partial charge in [0, 0.05) is 19.6 Å². The van der Waals surface area contributed by atoms with Crippen LogP contribution in [0.1, 0.15) is 16.8 Å². The lowest BCUT2D eigenvalue weighted by atomic mass is 10.2. The fraction of sp³-hybridized carbons (Fsp3) is 0.385. The predicted octanol–water partition coefficient (Wildman–Crippen LogP) is 1.87. The van der Waals surface area contributed by atoms with E-state index in [-0.39, 0.29) is 16.6 Å². The Bertz CT molecular complexity index is 514. The topological polar surface area (TPSA) is 81.7 Å². The number of carboxylic acid groups (broad SMARTS) is 1. The Kier molecular flexibility index (Phi) is 4.81. The highest BCUT2D eigenvalue weighted by Gasteiger charge is 2.16. The summed E-state index contributed by atoms with van der Waals surface area (Å²) >= 11 is 5.98. The van der Waals surface area contributed by atoms with Crippen molar-refractivity contribution in [3.63, 3.8) is 0 Å². The van der Waals surface area contributed by atoms with Gasteiger partial charge in [0.2, 0.25) is 0 Å². The van der Waals surface area contributed by atoms with Crippen molar-refractivity contribution in [2.24, 2.45) is 0 Å². The van der Waals surface area contributed by atoms with Gasteiger partial charge in [-0.2, -0.15) is 0 Å². The summed E-state index contributed by atoms with van der Waals surface area (Å²) in [4.78, 5) is 24.6. The SMILES string of the molecule is O=C(O)c1ccc(NC(=O)N2CCCNCC2)c(Cl)c1. The van der Waals surface area contributed by atoms with Gasteiger partial charge >= 0.3 is 12.0 Å². The Morgan fingerprint density at radius 2 is 2.10 bits per heavy atom. The molecule has 108 valence electrons. The van der Waals surface area contributed by atoms with Gasteiger partial charge in [0.25, 0.3) is 0 Å². The molecule has 1 heterocycles. The molecule has 0 aliphatic carbocycles. The standard InChI is InChI=1S/C13H16ClN3O3/c14-10-8-9(12(18)19)2-3-11(10)16-13(20)17-6-1-4-15-5-7-17/h2-3,8,15H,1,4-7H2,(H,16,20)(H,18,19). The molecule has 20 heavy (non-hydrogen) atoms. The minimum atomic E-state index is -1.05. The average Bonchev–Trinajstić information content (AvgIpc) is 2.69. The highest BCUT2D eigenvalue weighted by Crippen LogP contribution is 2.23. The van der Waals surface area contributed by atoms with E-state index < -0.39 is 5.97 Å². The summed E-state index contributed by atoms with van der Waals surface area (Å²) in [6.07, 6.45) is 0.902. The number of benzene rings is 1. The molecule has 2 amide bonds. The average molecular weight is 298 g/mol. The van der Waals surface area contributed by atoms with Crippen LogP contribution in [0, 0.1) is 0 Å². The van der Waals surface area contributed by atoms with Gasteiger partial charge in [0.15, 0.2) is 0 Å². The number of urea groups is 1. The van der Waals surface area contributed by atoms with Crippen LogP contribution in [0.5, 0.6) is 0 Å². The minimum absolute atomic E-state index is 0.0898. The zero-order chi connectivity index (χ0) is 14.5. The molecule has 0 bridgehead atoms. The van der Waals surface area contributed by atoms with Crippen LogP contribution in [0.3, 0.4) is 0 Å². The number of aromatic carboxylic acids is 1. The molecule has 2 rings (SSSR count). The zero-order valence-electron chi connectivity index (χ0n) is 10.9. The molecule has 0 atom stereocenters. The second kappa shape index (κ2) is 6.58. The van der Waals surface area contributed by atoms with Gasteiger partial charge in [-0.15, -0.1) is 0 Å². The van der Waals surface area contributed by atoms with Crippen molar-refractivity contribution >= 4 is 29.3 Å². The van der Waals surface area contributed by atoms with Crippen LogP contribution in [0.2, 0.25) is 5.02 Å². The first-order valence-electron chi connectivity index (χ1n) is 6.37. The predicted molar refractivity (Wildman–Crippen MR) is 76.5 cm³/mol. The molecule has 1 saturated heterocycles. The van der Waals surface area contributed by atoms with Gasteiger partial charge in [-0.3, -0.25) is 0 Å². The fourth-order valence-electron chi connectivity index (χ4n) is 1.99. The fourth-order valence-corrected chi connectivity index (χ4v) is 2.22. The van der Waals surface area contributed by atoms with Crippen LogP contribution in [-0.2, 0) is 0 Å². The quantitative estimate of drug-likeness (QED) is 0.778. The van der Waals surface area contributed by atoms with Crippen molar-refractivity contribution in [3.8, 4) is 0 Å². The van der Waals surface area contributed by atoms with Gasteiger partial charge in [-0.25, -0.2) is 9.59 Å². The first kappa shape index (κ1) is 14.6. The van der Waals surface area contributed by atoms with Gasteiger partial charge in [-0.05, 0) is 31.2 Å². The first-order valence-corrected chi connectivity index (χ1v) is 6.75. The summed E-state index contributed by atoms with van der Waals surface area (Å²) in [5.74, 6) is -1.05. The van der Waals surface area contributed by atoms with Crippen molar-refractivity contribution in [2.75, 3.05) is 31.5 Å². The summed E-state index contributed by atoms with van der Waals surface area (Å²) in [5.41, 5.74) is 0.505. The number of anilines is 1. The number of carbonyl (C=O) groups is 2. The van der Waals surface area contributed by atoms with Crippen molar-refractivity contribution in [2.45, 2.75) is 6.42 Å². The molecule has 0 saturated carbocycles. The van der Waals surface area contributed by atoms with Crippen LogP contribution in [0.4, 0.5) is 10.5 Å². The van der Waals surface area contributed by atoms with Crippen LogP contribution < -0.4 is 10.6 Å². The van der Waals surface area contributed by atoms with Gasteiger partial charge < -0.3 is 20.6 Å². The maximum absolute atomic E-state index is 12.1. The number of rotatable bonds is 2. The van der Waals surface area contributed by atoms with Gasteiger partial charge in [0.05, 0.1) is 16.3 Å². The second-order valence-corrected chi connectivity index (χ2v) is 4.93. The second-order valence-electron chi connectivity index (χ2n) is 4.52. The van der Waals surface area contributed by atoms with E-state index in [0.717, 1.165) is 19.5 Å². The summed E-state index contributed by atoms with van der Waals surface area (Å²) < 4.78 is 0. The van der Waals surface area contributed by atoms with E-state index in [0.29, 0.717) is 18.8 Å².